The van der Waals surface area contributed by atoms with Crippen LogP contribution in [0.2, 0.25) is 13.1 Å². The molecule has 0 aliphatic heterocycles. The lowest BCUT2D eigenvalue weighted by atomic mass is 9.88. The molecule has 0 spiro atoms. The molecule has 0 aliphatic carbocycles. The van der Waals surface area contributed by atoms with Crippen LogP contribution in [0.4, 0.5) is 0 Å². The Balaban J connectivity index is 2.70. The zero-order chi connectivity index (χ0) is 19.5. The van der Waals surface area contributed by atoms with E-state index in [4.69, 9.17) is 0 Å². The SMILES string of the molecule is C=CCc1cc(C[C@](C)(NC(C)=O)C(=O)O)c2ccccc2c1[Si](C)C. The van der Waals surface area contributed by atoms with Crippen LogP contribution in [0.25, 0.3) is 10.8 Å². The zero-order valence-electron chi connectivity index (χ0n) is 15.8. The van der Waals surface area contributed by atoms with Gasteiger partial charge in [0.1, 0.15) is 5.54 Å². The summed E-state index contributed by atoms with van der Waals surface area (Å²) in [5, 5.41) is 15.9. The molecule has 137 valence electrons. The van der Waals surface area contributed by atoms with Gasteiger partial charge >= 0.3 is 5.97 Å². The summed E-state index contributed by atoms with van der Waals surface area (Å²) in [7, 11) is -0.717. The number of hydrogen-bond donors (Lipinski definition) is 2. The first-order valence-electron chi connectivity index (χ1n) is 8.66. The third-order valence-electron chi connectivity index (χ3n) is 4.54. The van der Waals surface area contributed by atoms with Crippen LogP contribution in [0.3, 0.4) is 0 Å². The Bertz CT molecular complexity index is 860. The average Bonchev–Trinajstić information content (AvgIpc) is 2.54. The van der Waals surface area contributed by atoms with Crippen molar-refractivity contribution < 1.29 is 14.7 Å². The summed E-state index contributed by atoms with van der Waals surface area (Å²) >= 11 is 0. The molecule has 0 heterocycles. The van der Waals surface area contributed by atoms with Gasteiger partial charge in [0.05, 0.1) is 8.80 Å². The quantitative estimate of drug-likeness (QED) is 0.583. The molecule has 26 heavy (non-hydrogen) atoms. The topological polar surface area (TPSA) is 66.4 Å². The third kappa shape index (κ3) is 4.04. The number of nitrogens with one attached hydrogen (secondary N) is 1. The van der Waals surface area contributed by atoms with Gasteiger partial charge in [-0.2, -0.15) is 0 Å². The number of carbonyl (C=O) groups is 2. The maximum absolute atomic E-state index is 11.9. The number of aliphatic carboxylic acids is 1. The van der Waals surface area contributed by atoms with Crippen LogP contribution < -0.4 is 10.5 Å². The summed E-state index contributed by atoms with van der Waals surface area (Å²) in [6.07, 6.45) is 2.85. The smallest absolute Gasteiger partial charge is 0.329 e. The number of hydrogen-bond acceptors (Lipinski definition) is 2. The van der Waals surface area contributed by atoms with E-state index in [9.17, 15) is 14.7 Å². The Kier molecular flexibility index (Phi) is 6.03. The molecule has 1 atom stereocenters. The lowest BCUT2D eigenvalue weighted by Crippen LogP contribution is -2.53. The fraction of sp³-hybridized carbons (Fsp3) is 0.333. The van der Waals surface area contributed by atoms with Gasteiger partial charge in [0.15, 0.2) is 0 Å². The first kappa shape index (κ1) is 19.9. The van der Waals surface area contributed by atoms with Gasteiger partial charge in [-0.05, 0) is 35.2 Å². The van der Waals surface area contributed by atoms with E-state index in [-0.39, 0.29) is 12.3 Å². The number of allylic oxidation sites excluding steroid dienone is 1. The minimum atomic E-state index is -1.35. The van der Waals surface area contributed by atoms with Crippen molar-refractivity contribution in [3.63, 3.8) is 0 Å². The first-order chi connectivity index (χ1) is 12.2. The van der Waals surface area contributed by atoms with E-state index < -0.39 is 20.3 Å². The summed E-state index contributed by atoms with van der Waals surface area (Å²) in [6.45, 7) is 11.3. The molecular weight excluding hydrogens is 342 g/mol. The van der Waals surface area contributed by atoms with Gasteiger partial charge in [-0.1, -0.05) is 54.7 Å². The minimum Gasteiger partial charge on any atom is -0.480 e. The highest BCUT2D eigenvalue weighted by atomic mass is 28.3. The van der Waals surface area contributed by atoms with Crippen molar-refractivity contribution in [2.24, 2.45) is 0 Å². The van der Waals surface area contributed by atoms with Gasteiger partial charge in [0, 0.05) is 13.3 Å². The molecule has 2 N–H and O–H groups in total. The minimum absolute atomic E-state index is 0.225. The van der Waals surface area contributed by atoms with Crippen LogP contribution in [0.15, 0.2) is 43.0 Å². The maximum Gasteiger partial charge on any atom is 0.329 e. The van der Waals surface area contributed by atoms with Crippen molar-refractivity contribution in [1.29, 1.82) is 0 Å². The number of fused-ring (bicyclic) bond motifs is 1. The van der Waals surface area contributed by atoms with Gasteiger partial charge in [-0.3, -0.25) is 4.79 Å². The molecule has 4 nitrogen and oxygen atoms in total. The summed E-state index contributed by atoms with van der Waals surface area (Å²) < 4.78 is 0. The number of carboxylic acid groups (broad SMARTS) is 1. The molecule has 0 aromatic heterocycles. The largest absolute Gasteiger partial charge is 0.480 e. The van der Waals surface area contributed by atoms with Gasteiger partial charge in [-0.15, -0.1) is 6.58 Å². The second-order valence-corrected chi connectivity index (χ2v) is 9.60. The lowest BCUT2D eigenvalue weighted by molar-refractivity contribution is -0.146. The van der Waals surface area contributed by atoms with E-state index in [0.29, 0.717) is 0 Å². The van der Waals surface area contributed by atoms with Gasteiger partial charge in [0.2, 0.25) is 5.91 Å². The van der Waals surface area contributed by atoms with Crippen LogP contribution in [0.5, 0.6) is 0 Å². The van der Waals surface area contributed by atoms with E-state index in [1.54, 1.807) is 6.92 Å². The van der Waals surface area contributed by atoms with Crippen LogP contribution in [-0.2, 0) is 22.4 Å². The van der Waals surface area contributed by atoms with E-state index in [0.717, 1.165) is 17.4 Å². The maximum atomic E-state index is 11.9. The normalized spacial score (nSPS) is 13.4. The van der Waals surface area contributed by atoms with E-state index in [1.807, 2.05) is 24.3 Å². The Morgan fingerprint density at radius 2 is 1.85 bits per heavy atom. The molecule has 0 bridgehead atoms. The molecule has 2 aromatic rings. The molecule has 2 aromatic carbocycles. The summed E-state index contributed by atoms with van der Waals surface area (Å²) in [4.78, 5) is 23.4. The molecule has 0 aliphatic rings. The molecule has 0 fully saturated rings. The summed E-state index contributed by atoms with van der Waals surface area (Å²) in [6, 6.07) is 10.2. The van der Waals surface area contributed by atoms with E-state index >= 15 is 0 Å². The van der Waals surface area contributed by atoms with Gasteiger partial charge < -0.3 is 10.4 Å². The molecule has 1 radical (unpaired) electrons. The van der Waals surface area contributed by atoms with Crippen LogP contribution in [0.1, 0.15) is 25.0 Å². The van der Waals surface area contributed by atoms with Gasteiger partial charge in [-0.25, -0.2) is 4.79 Å². The molecule has 2 rings (SSSR count). The Hall–Kier alpha value is -2.40. The highest BCUT2D eigenvalue weighted by Crippen LogP contribution is 2.25. The molecule has 1 amide bonds. The predicted molar refractivity (Wildman–Crippen MR) is 109 cm³/mol. The Morgan fingerprint density at radius 1 is 1.23 bits per heavy atom. The molecular formula is C21H26NO3Si. The number of carboxylic acids is 1. The zero-order valence-corrected chi connectivity index (χ0v) is 16.8. The predicted octanol–water partition coefficient (Wildman–Crippen LogP) is 3.05. The van der Waals surface area contributed by atoms with Crippen LogP contribution in [-0.4, -0.2) is 31.3 Å². The monoisotopic (exact) mass is 368 g/mol. The second kappa shape index (κ2) is 7.87. The van der Waals surface area contributed by atoms with Gasteiger partial charge in [0.25, 0.3) is 0 Å². The highest BCUT2D eigenvalue weighted by molar-refractivity contribution is 6.73. The van der Waals surface area contributed by atoms with Crippen molar-refractivity contribution in [2.45, 2.75) is 45.3 Å². The number of benzene rings is 2. The summed E-state index contributed by atoms with van der Waals surface area (Å²) in [5.41, 5.74) is 0.777. The Labute approximate surface area is 156 Å². The first-order valence-corrected chi connectivity index (χ1v) is 11.2. The lowest BCUT2D eigenvalue weighted by Gasteiger charge is -2.27. The van der Waals surface area contributed by atoms with Crippen molar-refractivity contribution >= 4 is 36.6 Å². The number of rotatable bonds is 7. The molecule has 5 heteroatoms. The van der Waals surface area contributed by atoms with Crippen LogP contribution in [0, 0.1) is 0 Å². The van der Waals surface area contributed by atoms with Crippen molar-refractivity contribution in [3.05, 3.63) is 54.1 Å². The Morgan fingerprint density at radius 3 is 2.35 bits per heavy atom. The number of carbonyl (C=O) groups excluding carboxylic acids is 1. The van der Waals surface area contributed by atoms with Crippen molar-refractivity contribution in [1.82, 2.24) is 5.32 Å². The average molecular weight is 369 g/mol. The molecule has 0 unspecified atom stereocenters. The van der Waals surface area contributed by atoms with E-state index in [1.165, 1.54) is 23.1 Å². The van der Waals surface area contributed by atoms with E-state index in [2.05, 4.69) is 37.1 Å². The molecule has 0 saturated heterocycles. The standard InChI is InChI=1S/C21H26NO3Si/c1-6-9-15-12-16(13-21(3,20(24)25)22-14(2)23)17-10-7-8-11-18(17)19(15)26(4)5/h6-8,10-12H,1,9,13H2,2-5H3,(H,22,23)(H,24,25)/t21-/m0/s1. The van der Waals surface area contributed by atoms with Crippen molar-refractivity contribution in [3.8, 4) is 0 Å². The number of amides is 1. The van der Waals surface area contributed by atoms with Crippen molar-refractivity contribution in [2.75, 3.05) is 0 Å². The van der Waals surface area contributed by atoms with Crippen LogP contribution >= 0.6 is 0 Å². The third-order valence-corrected chi connectivity index (χ3v) is 6.13. The second-order valence-electron chi connectivity index (χ2n) is 7.10. The molecule has 0 saturated carbocycles. The summed E-state index contributed by atoms with van der Waals surface area (Å²) in [5.74, 6) is -1.39. The highest BCUT2D eigenvalue weighted by Gasteiger charge is 2.35. The fourth-order valence-electron chi connectivity index (χ4n) is 3.51. The fourth-order valence-corrected chi connectivity index (χ4v) is 5.08.